The molecular weight excluding hydrogens is 120 g/mol. The third-order valence-corrected chi connectivity index (χ3v) is 1.09. The van der Waals surface area contributed by atoms with Crippen LogP contribution in [0, 0.1) is 0 Å². The summed E-state index contributed by atoms with van der Waals surface area (Å²) >= 11 is 0. The Labute approximate surface area is 53.7 Å². The van der Waals surface area contributed by atoms with E-state index in [4.69, 9.17) is 15.2 Å². The summed E-state index contributed by atoms with van der Waals surface area (Å²) < 4.78 is 9.82. The van der Waals surface area contributed by atoms with E-state index in [9.17, 15) is 0 Å². The molecular formula is C5H10N2O2. The lowest BCUT2D eigenvalue weighted by molar-refractivity contribution is 0.0905. The molecule has 1 atom stereocenters. The van der Waals surface area contributed by atoms with Crippen molar-refractivity contribution in [1.82, 2.24) is 0 Å². The lowest BCUT2D eigenvalue weighted by Crippen LogP contribution is -2.22. The van der Waals surface area contributed by atoms with E-state index in [1.54, 1.807) is 7.11 Å². The first kappa shape index (κ1) is 6.35. The van der Waals surface area contributed by atoms with Crippen LogP contribution in [0.1, 0.15) is 0 Å². The largest absolute Gasteiger partial charge is 0.458 e. The number of amidine groups is 1. The lowest BCUT2D eigenvalue weighted by atomic mass is 10.4. The van der Waals surface area contributed by atoms with E-state index in [0.29, 0.717) is 13.2 Å². The van der Waals surface area contributed by atoms with Crippen LogP contribution in [0.5, 0.6) is 0 Å². The molecule has 0 aromatic rings. The molecule has 4 heteroatoms. The SMILES string of the molecule is COCC1CN=C(N)O1. The number of nitrogens with two attached hydrogens (primary N) is 1. The molecule has 0 amide bonds. The molecule has 0 fully saturated rings. The van der Waals surface area contributed by atoms with E-state index >= 15 is 0 Å². The van der Waals surface area contributed by atoms with Crippen molar-refractivity contribution < 1.29 is 9.47 Å². The number of methoxy groups -OCH3 is 1. The smallest absolute Gasteiger partial charge is 0.282 e. The fourth-order valence-electron chi connectivity index (χ4n) is 0.710. The van der Waals surface area contributed by atoms with Gasteiger partial charge in [0.2, 0.25) is 0 Å². The van der Waals surface area contributed by atoms with Crippen LogP contribution < -0.4 is 5.73 Å². The number of hydrogen-bond donors (Lipinski definition) is 1. The van der Waals surface area contributed by atoms with E-state index in [2.05, 4.69) is 4.99 Å². The Bertz CT molecular complexity index is 124. The zero-order valence-corrected chi connectivity index (χ0v) is 5.33. The van der Waals surface area contributed by atoms with Crippen LogP contribution in [0.2, 0.25) is 0 Å². The monoisotopic (exact) mass is 130 g/mol. The van der Waals surface area contributed by atoms with Gasteiger partial charge in [0.1, 0.15) is 6.10 Å². The van der Waals surface area contributed by atoms with Crippen molar-refractivity contribution in [3.05, 3.63) is 0 Å². The van der Waals surface area contributed by atoms with Crippen molar-refractivity contribution in [2.24, 2.45) is 10.7 Å². The third-order valence-electron chi connectivity index (χ3n) is 1.09. The number of nitrogens with zero attached hydrogens (tertiary/aromatic N) is 1. The van der Waals surface area contributed by atoms with Crippen molar-refractivity contribution in [3.63, 3.8) is 0 Å². The van der Waals surface area contributed by atoms with Gasteiger partial charge in [-0.2, -0.15) is 0 Å². The Morgan fingerprint density at radius 3 is 3.22 bits per heavy atom. The summed E-state index contributed by atoms with van der Waals surface area (Å²) in [5.41, 5.74) is 5.23. The third kappa shape index (κ3) is 1.57. The van der Waals surface area contributed by atoms with Crippen LogP contribution in [0.3, 0.4) is 0 Å². The van der Waals surface area contributed by atoms with E-state index in [-0.39, 0.29) is 12.1 Å². The van der Waals surface area contributed by atoms with E-state index in [1.165, 1.54) is 0 Å². The first-order valence-electron chi connectivity index (χ1n) is 2.78. The van der Waals surface area contributed by atoms with Crippen molar-refractivity contribution in [1.29, 1.82) is 0 Å². The number of hydrogen-bond acceptors (Lipinski definition) is 4. The van der Waals surface area contributed by atoms with Crippen molar-refractivity contribution >= 4 is 6.02 Å². The lowest BCUT2D eigenvalue weighted by Gasteiger charge is -2.06. The molecule has 52 valence electrons. The Kier molecular flexibility index (Phi) is 1.89. The van der Waals surface area contributed by atoms with Crippen LogP contribution in [-0.2, 0) is 9.47 Å². The molecule has 0 aromatic heterocycles. The van der Waals surface area contributed by atoms with Gasteiger partial charge in [0.15, 0.2) is 0 Å². The number of ether oxygens (including phenoxy) is 2. The maximum Gasteiger partial charge on any atom is 0.282 e. The Hall–Kier alpha value is -0.770. The predicted octanol–water partition coefficient (Wildman–Crippen LogP) is -0.654. The first-order chi connectivity index (χ1) is 4.33. The van der Waals surface area contributed by atoms with Crippen LogP contribution in [-0.4, -0.2) is 32.4 Å². The van der Waals surface area contributed by atoms with Crippen LogP contribution in [0.4, 0.5) is 0 Å². The van der Waals surface area contributed by atoms with Gasteiger partial charge < -0.3 is 15.2 Å². The molecule has 0 spiro atoms. The molecule has 1 rings (SSSR count). The second kappa shape index (κ2) is 2.68. The van der Waals surface area contributed by atoms with Gasteiger partial charge in [-0.1, -0.05) is 0 Å². The molecule has 1 aliphatic rings. The van der Waals surface area contributed by atoms with Gasteiger partial charge in [-0.15, -0.1) is 0 Å². The van der Waals surface area contributed by atoms with Gasteiger partial charge in [0.25, 0.3) is 6.02 Å². The van der Waals surface area contributed by atoms with Gasteiger partial charge in [-0.25, -0.2) is 4.99 Å². The highest BCUT2D eigenvalue weighted by Crippen LogP contribution is 2.00. The molecule has 9 heavy (non-hydrogen) atoms. The molecule has 1 aliphatic heterocycles. The number of aliphatic imine (C=N–C) groups is 1. The van der Waals surface area contributed by atoms with Gasteiger partial charge in [0.05, 0.1) is 13.2 Å². The van der Waals surface area contributed by atoms with Gasteiger partial charge in [0, 0.05) is 7.11 Å². The summed E-state index contributed by atoms with van der Waals surface area (Å²) in [4.78, 5) is 3.83. The van der Waals surface area contributed by atoms with E-state index in [0.717, 1.165) is 0 Å². The molecule has 0 saturated heterocycles. The highest BCUT2D eigenvalue weighted by molar-refractivity contribution is 5.72. The van der Waals surface area contributed by atoms with Gasteiger partial charge in [-0.3, -0.25) is 0 Å². The van der Waals surface area contributed by atoms with Gasteiger partial charge >= 0.3 is 0 Å². The highest BCUT2D eigenvalue weighted by Gasteiger charge is 2.16. The molecule has 1 heterocycles. The fourth-order valence-corrected chi connectivity index (χ4v) is 0.710. The highest BCUT2D eigenvalue weighted by atomic mass is 16.5. The zero-order chi connectivity index (χ0) is 6.69. The molecule has 1 unspecified atom stereocenters. The summed E-state index contributed by atoms with van der Waals surface area (Å²) in [6, 6.07) is 0.275. The summed E-state index contributed by atoms with van der Waals surface area (Å²) in [6.07, 6.45) is 0.0370. The normalized spacial score (nSPS) is 25.4. The summed E-state index contributed by atoms with van der Waals surface area (Å²) in [5.74, 6) is 0. The topological polar surface area (TPSA) is 56.8 Å². The summed E-state index contributed by atoms with van der Waals surface area (Å²) in [7, 11) is 1.62. The molecule has 2 N–H and O–H groups in total. The van der Waals surface area contributed by atoms with Crippen molar-refractivity contribution in [2.75, 3.05) is 20.3 Å². The van der Waals surface area contributed by atoms with Crippen LogP contribution in [0.25, 0.3) is 0 Å². The fraction of sp³-hybridized carbons (Fsp3) is 0.800. The van der Waals surface area contributed by atoms with E-state index in [1.807, 2.05) is 0 Å². The Morgan fingerprint density at radius 1 is 2.00 bits per heavy atom. The minimum atomic E-state index is 0.0370. The predicted molar refractivity (Wildman–Crippen MR) is 33.2 cm³/mol. The quantitative estimate of drug-likeness (QED) is 0.540. The van der Waals surface area contributed by atoms with Gasteiger partial charge in [-0.05, 0) is 0 Å². The van der Waals surface area contributed by atoms with Crippen molar-refractivity contribution in [2.45, 2.75) is 6.10 Å². The average molecular weight is 130 g/mol. The molecule has 0 radical (unpaired) electrons. The summed E-state index contributed by atoms with van der Waals surface area (Å²) in [5, 5.41) is 0. The standard InChI is InChI=1S/C5H10N2O2/c1-8-3-4-2-7-5(6)9-4/h4H,2-3H2,1H3,(H2,6,7). The summed E-state index contributed by atoms with van der Waals surface area (Å²) in [6.45, 7) is 1.18. The van der Waals surface area contributed by atoms with E-state index < -0.39 is 0 Å². The van der Waals surface area contributed by atoms with Crippen LogP contribution in [0.15, 0.2) is 4.99 Å². The molecule has 4 nitrogen and oxygen atoms in total. The molecule has 0 saturated carbocycles. The van der Waals surface area contributed by atoms with Crippen molar-refractivity contribution in [3.8, 4) is 0 Å². The minimum absolute atomic E-state index is 0.0370. The second-order valence-electron chi connectivity index (χ2n) is 1.87. The maximum absolute atomic E-state index is 5.23. The first-order valence-corrected chi connectivity index (χ1v) is 2.78. The second-order valence-corrected chi connectivity index (χ2v) is 1.87. The molecule has 0 aromatic carbocycles. The molecule has 0 bridgehead atoms. The van der Waals surface area contributed by atoms with Crippen LogP contribution >= 0.6 is 0 Å². The Morgan fingerprint density at radius 2 is 2.78 bits per heavy atom. The maximum atomic E-state index is 5.23. The zero-order valence-electron chi connectivity index (χ0n) is 5.33. The Balaban J connectivity index is 2.21. The average Bonchev–Trinajstić information content (AvgIpc) is 2.17. The minimum Gasteiger partial charge on any atom is -0.458 e. The molecule has 0 aliphatic carbocycles. The number of rotatable bonds is 2.